The summed E-state index contributed by atoms with van der Waals surface area (Å²) in [7, 11) is 0. The van der Waals surface area contributed by atoms with Crippen LogP contribution in [0.2, 0.25) is 0 Å². The van der Waals surface area contributed by atoms with Gasteiger partial charge in [0, 0.05) is 5.33 Å². The molecule has 1 aromatic rings. The minimum absolute atomic E-state index is 0.176. The Hall–Kier alpha value is 0.110. The SMILES string of the molecule is CC(C)C(CBr)Cc1cccc(F)c1Br. The highest BCUT2D eigenvalue weighted by Gasteiger charge is 2.15. The van der Waals surface area contributed by atoms with Crippen molar-refractivity contribution >= 4 is 31.9 Å². The zero-order valence-electron chi connectivity index (χ0n) is 8.93. The Labute approximate surface area is 108 Å². The molecule has 0 fully saturated rings. The normalized spacial score (nSPS) is 13.2. The molecule has 0 saturated carbocycles. The summed E-state index contributed by atoms with van der Waals surface area (Å²) in [5, 5.41) is 0.952. The lowest BCUT2D eigenvalue weighted by molar-refractivity contribution is 0.425. The zero-order valence-corrected chi connectivity index (χ0v) is 12.1. The molecule has 0 spiro atoms. The third kappa shape index (κ3) is 3.56. The number of hydrogen-bond acceptors (Lipinski definition) is 0. The molecular weight excluding hydrogens is 323 g/mol. The molecule has 0 N–H and O–H groups in total. The minimum atomic E-state index is -0.176. The van der Waals surface area contributed by atoms with Gasteiger partial charge < -0.3 is 0 Å². The fourth-order valence-corrected chi connectivity index (χ4v) is 2.86. The predicted molar refractivity (Wildman–Crippen MR) is 69.9 cm³/mol. The van der Waals surface area contributed by atoms with E-state index in [0.717, 1.165) is 17.3 Å². The van der Waals surface area contributed by atoms with Gasteiger partial charge in [-0.3, -0.25) is 0 Å². The molecule has 1 aromatic carbocycles. The lowest BCUT2D eigenvalue weighted by atomic mass is 9.91. The number of halogens is 3. The van der Waals surface area contributed by atoms with Crippen molar-refractivity contribution in [3.05, 3.63) is 34.1 Å². The van der Waals surface area contributed by atoms with E-state index in [-0.39, 0.29) is 5.82 Å². The first kappa shape index (κ1) is 13.2. The first-order valence-corrected chi connectivity index (χ1v) is 6.96. The highest BCUT2D eigenvalue weighted by atomic mass is 79.9. The van der Waals surface area contributed by atoms with Crippen LogP contribution in [-0.4, -0.2) is 5.33 Å². The standard InChI is InChI=1S/C12H15Br2F/c1-8(2)10(7-13)6-9-4-3-5-11(15)12(9)14/h3-5,8,10H,6-7H2,1-2H3. The molecule has 0 radical (unpaired) electrons. The van der Waals surface area contributed by atoms with Crippen molar-refractivity contribution in [1.82, 2.24) is 0 Å². The summed E-state index contributed by atoms with van der Waals surface area (Å²) < 4.78 is 13.9. The minimum Gasteiger partial charge on any atom is -0.206 e. The molecule has 0 heterocycles. The van der Waals surface area contributed by atoms with E-state index >= 15 is 0 Å². The van der Waals surface area contributed by atoms with Crippen LogP contribution in [-0.2, 0) is 6.42 Å². The molecule has 0 nitrogen and oxygen atoms in total. The third-order valence-corrected chi connectivity index (χ3v) is 4.37. The second-order valence-electron chi connectivity index (χ2n) is 4.08. The van der Waals surface area contributed by atoms with Gasteiger partial charge in [-0.05, 0) is 45.8 Å². The molecule has 15 heavy (non-hydrogen) atoms. The second kappa shape index (κ2) is 6.00. The smallest absolute Gasteiger partial charge is 0.137 e. The maximum atomic E-state index is 13.3. The van der Waals surface area contributed by atoms with E-state index in [9.17, 15) is 4.39 Å². The van der Waals surface area contributed by atoms with Gasteiger partial charge in [0.15, 0.2) is 0 Å². The van der Waals surface area contributed by atoms with Crippen LogP contribution in [0.15, 0.2) is 22.7 Å². The molecule has 0 bridgehead atoms. The van der Waals surface area contributed by atoms with Crippen molar-refractivity contribution in [2.24, 2.45) is 11.8 Å². The summed E-state index contributed by atoms with van der Waals surface area (Å²) in [6.45, 7) is 4.39. The Morgan fingerprint density at radius 3 is 2.53 bits per heavy atom. The Kier molecular flexibility index (Phi) is 5.27. The van der Waals surface area contributed by atoms with Gasteiger partial charge in [0.25, 0.3) is 0 Å². The predicted octanol–water partition coefficient (Wildman–Crippen LogP) is 4.80. The largest absolute Gasteiger partial charge is 0.206 e. The van der Waals surface area contributed by atoms with Crippen molar-refractivity contribution < 1.29 is 4.39 Å². The van der Waals surface area contributed by atoms with Gasteiger partial charge in [-0.25, -0.2) is 4.39 Å². The number of alkyl halides is 1. The fourth-order valence-electron chi connectivity index (χ4n) is 1.46. The molecule has 1 rings (SSSR count). The van der Waals surface area contributed by atoms with Gasteiger partial charge in [-0.15, -0.1) is 0 Å². The van der Waals surface area contributed by atoms with E-state index < -0.39 is 0 Å². The molecule has 0 aromatic heterocycles. The molecular formula is C12H15Br2F. The molecule has 0 aliphatic rings. The zero-order chi connectivity index (χ0) is 11.4. The topological polar surface area (TPSA) is 0 Å². The van der Waals surface area contributed by atoms with Gasteiger partial charge in [0.05, 0.1) is 4.47 Å². The second-order valence-corrected chi connectivity index (χ2v) is 5.52. The van der Waals surface area contributed by atoms with Crippen LogP contribution in [0, 0.1) is 17.7 Å². The Morgan fingerprint density at radius 2 is 2.00 bits per heavy atom. The van der Waals surface area contributed by atoms with Gasteiger partial charge in [0.2, 0.25) is 0 Å². The molecule has 0 amide bonds. The van der Waals surface area contributed by atoms with Crippen molar-refractivity contribution in [2.45, 2.75) is 20.3 Å². The van der Waals surface area contributed by atoms with Crippen LogP contribution >= 0.6 is 31.9 Å². The highest BCUT2D eigenvalue weighted by Crippen LogP contribution is 2.26. The first-order valence-electron chi connectivity index (χ1n) is 5.05. The van der Waals surface area contributed by atoms with Crippen LogP contribution in [0.3, 0.4) is 0 Å². The van der Waals surface area contributed by atoms with Crippen molar-refractivity contribution in [1.29, 1.82) is 0 Å². The molecule has 1 unspecified atom stereocenters. The van der Waals surface area contributed by atoms with E-state index in [0.29, 0.717) is 16.3 Å². The van der Waals surface area contributed by atoms with E-state index in [1.807, 2.05) is 6.07 Å². The summed E-state index contributed by atoms with van der Waals surface area (Å²) in [6, 6.07) is 5.22. The molecule has 0 aliphatic heterocycles. The molecule has 0 saturated heterocycles. The molecule has 3 heteroatoms. The maximum Gasteiger partial charge on any atom is 0.137 e. The van der Waals surface area contributed by atoms with Gasteiger partial charge in [-0.2, -0.15) is 0 Å². The average molecular weight is 338 g/mol. The third-order valence-electron chi connectivity index (χ3n) is 2.65. The Bertz CT molecular complexity index is 323. The summed E-state index contributed by atoms with van der Waals surface area (Å²) in [5.74, 6) is 0.965. The quantitative estimate of drug-likeness (QED) is 0.692. The number of benzene rings is 1. The van der Waals surface area contributed by atoms with Crippen LogP contribution in [0.25, 0.3) is 0 Å². The summed E-state index contributed by atoms with van der Waals surface area (Å²) in [5.41, 5.74) is 1.05. The lowest BCUT2D eigenvalue weighted by Crippen LogP contribution is -2.13. The van der Waals surface area contributed by atoms with E-state index in [2.05, 4.69) is 45.7 Å². The molecule has 1 atom stereocenters. The molecule has 84 valence electrons. The van der Waals surface area contributed by atoms with E-state index in [4.69, 9.17) is 0 Å². The number of rotatable bonds is 4. The highest BCUT2D eigenvalue weighted by molar-refractivity contribution is 9.10. The van der Waals surface area contributed by atoms with E-state index in [1.165, 1.54) is 6.07 Å². The summed E-state index contributed by atoms with van der Waals surface area (Å²) >= 11 is 6.80. The van der Waals surface area contributed by atoms with Crippen molar-refractivity contribution in [3.63, 3.8) is 0 Å². The van der Waals surface area contributed by atoms with Crippen LogP contribution in [0.4, 0.5) is 4.39 Å². The first-order chi connectivity index (χ1) is 7.06. The van der Waals surface area contributed by atoms with Crippen molar-refractivity contribution in [2.75, 3.05) is 5.33 Å². The van der Waals surface area contributed by atoms with Gasteiger partial charge >= 0.3 is 0 Å². The van der Waals surface area contributed by atoms with Gasteiger partial charge in [0.1, 0.15) is 5.82 Å². The van der Waals surface area contributed by atoms with Gasteiger partial charge in [-0.1, -0.05) is 41.9 Å². The Balaban J connectivity index is 2.84. The van der Waals surface area contributed by atoms with Crippen LogP contribution in [0.1, 0.15) is 19.4 Å². The van der Waals surface area contributed by atoms with Crippen LogP contribution < -0.4 is 0 Å². The summed E-state index contributed by atoms with van der Waals surface area (Å²) in [6.07, 6.45) is 0.904. The average Bonchev–Trinajstić information content (AvgIpc) is 2.19. The monoisotopic (exact) mass is 336 g/mol. The van der Waals surface area contributed by atoms with E-state index in [1.54, 1.807) is 6.07 Å². The summed E-state index contributed by atoms with van der Waals surface area (Å²) in [4.78, 5) is 0. The van der Waals surface area contributed by atoms with Crippen molar-refractivity contribution in [3.8, 4) is 0 Å². The van der Waals surface area contributed by atoms with Crippen LogP contribution in [0.5, 0.6) is 0 Å². The lowest BCUT2D eigenvalue weighted by Gasteiger charge is -2.18. The Morgan fingerprint density at radius 1 is 1.33 bits per heavy atom. The fraction of sp³-hybridized carbons (Fsp3) is 0.500. The maximum absolute atomic E-state index is 13.3. The number of hydrogen-bond donors (Lipinski definition) is 0. The molecule has 0 aliphatic carbocycles.